The molecule has 6 nitrogen and oxygen atoms in total. The Morgan fingerprint density at radius 1 is 1.11 bits per heavy atom. The van der Waals surface area contributed by atoms with E-state index >= 15 is 0 Å². The average Bonchev–Trinajstić information content (AvgIpc) is 2.70. The monoisotopic (exact) mass is 422 g/mol. The molecule has 1 amide bonds. The van der Waals surface area contributed by atoms with Crippen molar-refractivity contribution in [1.29, 1.82) is 0 Å². The van der Waals surface area contributed by atoms with Crippen LogP contribution in [0.4, 0.5) is 0 Å². The fourth-order valence-corrected chi connectivity index (χ4v) is 4.61. The van der Waals surface area contributed by atoms with Gasteiger partial charge in [0.25, 0.3) is 0 Å². The molecular formula is C20H23ClN2O4S. The Balaban J connectivity index is 1.52. The molecule has 0 aliphatic carbocycles. The number of carbonyl (C=O) groups is 1. The number of halogens is 1. The number of nitrogens with one attached hydrogen (secondary N) is 1. The van der Waals surface area contributed by atoms with Gasteiger partial charge in [-0.15, -0.1) is 0 Å². The van der Waals surface area contributed by atoms with Crippen molar-refractivity contribution in [3.05, 3.63) is 59.1 Å². The molecule has 0 aromatic heterocycles. The van der Waals surface area contributed by atoms with E-state index in [1.807, 2.05) is 12.1 Å². The molecule has 1 heterocycles. The number of nitrogens with zero attached hydrogens (tertiary/aromatic N) is 1. The van der Waals surface area contributed by atoms with Gasteiger partial charge in [0.15, 0.2) is 0 Å². The summed E-state index contributed by atoms with van der Waals surface area (Å²) in [5.74, 6) is 0.644. The Labute approximate surface area is 170 Å². The molecule has 1 N–H and O–H groups in total. The number of amides is 1. The predicted octanol–water partition coefficient (Wildman–Crippen LogP) is 2.86. The number of hydrogen-bond donors (Lipinski definition) is 1. The summed E-state index contributed by atoms with van der Waals surface area (Å²) in [6.45, 7) is 1.06. The lowest BCUT2D eigenvalue weighted by Gasteiger charge is -2.32. The molecule has 1 aliphatic heterocycles. The second kappa shape index (κ2) is 8.94. The second-order valence-electron chi connectivity index (χ2n) is 6.76. The van der Waals surface area contributed by atoms with Gasteiger partial charge in [0.1, 0.15) is 5.75 Å². The molecule has 1 saturated heterocycles. The smallest absolute Gasteiger partial charge is 0.240 e. The molecule has 8 heteroatoms. The molecule has 0 spiro atoms. The highest BCUT2D eigenvalue weighted by atomic mass is 35.5. The van der Waals surface area contributed by atoms with Crippen molar-refractivity contribution in [2.45, 2.75) is 30.2 Å². The van der Waals surface area contributed by atoms with E-state index in [4.69, 9.17) is 16.3 Å². The molecule has 1 aliphatic rings. The zero-order valence-electron chi connectivity index (χ0n) is 15.6. The molecule has 3 rings (SSSR count). The van der Waals surface area contributed by atoms with Crippen LogP contribution in [-0.4, -0.2) is 45.5 Å². The molecule has 2 aromatic rings. The number of hydrogen-bond acceptors (Lipinski definition) is 4. The minimum Gasteiger partial charge on any atom is -0.497 e. The van der Waals surface area contributed by atoms with Crippen molar-refractivity contribution in [3.63, 3.8) is 0 Å². The molecule has 0 saturated carbocycles. The van der Waals surface area contributed by atoms with Gasteiger partial charge in [-0.2, -0.15) is 0 Å². The van der Waals surface area contributed by atoms with E-state index in [1.54, 1.807) is 29.2 Å². The minimum absolute atomic E-state index is 0.0405. The zero-order valence-corrected chi connectivity index (χ0v) is 17.2. The Morgan fingerprint density at radius 3 is 2.29 bits per heavy atom. The first-order valence-corrected chi connectivity index (χ1v) is 10.9. The van der Waals surface area contributed by atoms with Crippen LogP contribution in [0.3, 0.4) is 0 Å². The molecule has 0 bridgehead atoms. The van der Waals surface area contributed by atoms with E-state index in [9.17, 15) is 13.2 Å². The zero-order chi connectivity index (χ0) is 20.1. The highest BCUT2D eigenvalue weighted by Crippen LogP contribution is 2.19. The van der Waals surface area contributed by atoms with E-state index in [0.717, 1.165) is 5.56 Å². The number of sulfonamides is 1. The van der Waals surface area contributed by atoms with Gasteiger partial charge in [0.2, 0.25) is 15.9 Å². The van der Waals surface area contributed by atoms with Crippen LogP contribution < -0.4 is 9.46 Å². The van der Waals surface area contributed by atoms with Gasteiger partial charge in [-0.1, -0.05) is 23.7 Å². The summed E-state index contributed by atoms with van der Waals surface area (Å²) >= 11 is 5.87. The number of piperidine rings is 1. The van der Waals surface area contributed by atoms with Crippen molar-refractivity contribution >= 4 is 27.5 Å². The summed E-state index contributed by atoms with van der Waals surface area (Å²) < 4.78 is 32.9. The molecule has 0 radical (unpaired) electrons. The molecule has 0 atom stereocenters. The maximum absolute atomic E-state index is 12.5. The molecular weight excluding hydrogens is 400 g/mol. The van der Waals surface area contributed by atoms with E-state index in [1.165, 1.54) is 19.2 Å². The summed E-state index contributed by atoms with van der Waals surface area (Å²) in [7, 11) is -2.07. The normalized spacial score (nSPS) is 15.4. The van der Waals surface area contributed by atoms with Gasteiger partial charge in [-0.05, 0) is 54.8 Å². The van der Waals surface area contributed by atoms with Crippen LogP contribution in [-0.2, 0) is 21.2 Å². The van der Waals surface area contributed by atoms with Gasteiger partial charge in [0.05, 0.1) is 18.4 Å². The average molecular weight is 423 g/mol. The van der Waals surface area contributed by atoms with Crippen LogP contribution in [0.1, 0.15) is 18.4 Å². The number of methoxy groups -OCH3 is 1. The number of rotatable bonds is 6. The third-order valence-electron chi connectivity index (χ3n) is 4.81. The summed E-state index contributed by atoms with van der Waals surface area (Å²) in [6.07, 6.45) is 1.49. The third-order valence-corrected chi connectivity index (χ3v) is 6.60. The number of carbonyl (C=O) groups excluding carboxylic acids is 1. The second-order valence-corrected chi connectivity index (χ2v) is 8.91. The lowest BCUT2D eigenvalue weighted by Crippen LogP contribution is -2.46. The van der Waals surface area contributed by atoms with Crippen LogP contribution in [0, 0.1) is 0 Å². The summed E-state index contributed by atoms with van der Waals surface area (Å²) in [5.41, 5.74) is 0.914. The first kappa shape index (κ1) is 20.6. The summed E-state index contributed by atoms with van der Waals surface area (Å²) in [4.78, 5) is 14.5. The Hall–Kier alpha value is -2.09. The van der Waals surface area contributed by atoms with E-state index in [-0.39, 0.29) is 16.8 Å². The van der Waals surface area contributed by atoms with Crippen molar-refractivity contribution < 1.29 is 17.9 Å². The maximum atomic E-state index is 12.5. The van der Waals surface area contributed by atoms with E-state index in [2.05, 4.69) is 4.72 Å². The number of ether oxygens (including phenoxy) is 1. The molecule has 28 heavy (non-hydrogen) atoms. The predicted molar refractivity (Wildman–Crippen MR) is 108 cm³/mol. The first-order valence-electron chi connectivity index (χ1n) is 9.06. The van der Waals surface area contributed by atoms with Crippen LogP contribution in [0.25, 0.3) is 0 Å². The van der Waals surface area contributed by atoms with Gasteiger partial charge < -0.3 is 9.64 Å². The van der Waals surface area contributed by atoms with Gasteiger partial charge in [0, 0.05) is 24.2 Å². The molecule has 1 fully saturated rings. The molecule has 0 unspecified atom stereocenters. The van der Waals surface area contributed by atoms with Crippen molar-refractivity contribution in [2.24, 2.45) is 0 Å². The SMILES string of the molecule is COc1ccc(S(=O)(=O)NC2CCN(C(=O)Cc3ccc(Cl)cc3)CC2)cc1. The molecule has 2 aromatic carbocycles. The topological polar surface area (TPSA) is 75.7 Å². The van der Waals surface area contributed by atoms with Crippen LogP contribution >= 0.6 is 11.6 Å². The molecule has 150 valence electrons. The van der Waals surface area contributed by atoms with Crippen molar-refractivity contribution in [3.8, 4) is 5.75 Å². The van der Waals surface area contributed by atoms with Gasteiger partial charge in [-0.25, -0.2) is 13.1 Å². The Morgan fingerprint density at radius 2 is 1.71 bits per heavy atom. The van der Waals surface area contributed by atoms with Crippen molar-refractivity contribution in [2.75, 3.05) is 20.2 Å². The minimum atomic E-state index is -3.60. The number of benzene rings is 2. The van der Waals surface area contributed by atoms with Gasteiger partial charge in [-0.3, -0.25) is 4.79 Å². The standard InChI is InChI=1S/C20H23ClN2O4S/c1-27-18-6-8-19(9-7-18)28(25,26)22-17-10-12-23(13-11-17)20(24)14-15-2-4-16(21)5-3-15/h2-9,17,22H,10-14H2,1H3. The maximum Gasteiger partial charge on any atom is 0.240 e. The third kappa shape index (κ3) is 5.25. The van der Waals surface area contributed by atoms with E-state index in [0.29, 0.717) is 43.1 Å². The Bertz CT molecular complexity index is 906. The van der Waals surface area contributed by atoms with Crippen LogP contribution in [0.5, 0.6) is 5.75 Å². The lowest BCUT2D eigenvalue weighted by molar-refractivity contribution is -0.131. The lowest BCUT2D eigenvalue weighted by atomic mass is 10.0. The quantitative estimate of drug-likeness (QED) is 0.776. The van der Waals surface area contributed by atoms with E-state index < -0.39 is 10.0 Å². The van der Waals surface area contributed by atoms with Crippen LogP contribution in [0.15, 0.2) is 53.4 Å². The fraction of sp³-hybridized carbons (Fsp3) is 0.350. The summed E-state index contributed by atoms with van der Waals surface area (Å²) in [5, 5.41) is 0.640. The van der Waals surface area contributed by atoms with Crippen LogP contribution in [0.2, 0.25) is 5.02 Å². The fourth-order valence-electron chi connectivity index (χ4n) is 3.18. The first-order chi connectivity index (χ1) is 13.4. The van der Waals surface area contributed by atoms with Gasteiger partial charge >= 0.3 is 0 Å². The Kier molecular flexibility index (Phi) is 6.59. The largest absolute Gasteiger partial charge is 0.497 e. The highest BCUT2D eigenvalue weighted by Gasteiger charge is 2.26. The highest BCUT2D eigenvalue weighted by molar-refractivity contribution is 7.89. The van der Waals surface area contributed by atoms with Crippen molar-refractivity contribution in [1.82, 2.24) is 9.62 Å². The number of likely N-dealkylation sites (tertiary alicyclic amines) is 1. The summed E-state index contributed by atoms with van der Waals surface area (Å²) in [6, 6.07) is 13.3.